The van der Waals surface area contributed by atoms with Crippen molar-refractivity contribution in [3.05, 3.63) is 0 Å². The third kappa shape index (κ3) is 7.06. The highest BCUT2D eigenvalue weighted by atomic mass is 19.4. The molecular formula is C11H22F3NO. The lowest BCUT2D eigenvalue weighted by Gasteiger charge is -2.23. The molecule has 98 valence electrons. The van der Waals surface area contributed by atoms with E-state index >= 15 is 0 Å². The predicted molar refractivity (Wildman–Crippen MR) is 58.4 cm³/mol. The van der Waals surface area contributed by atoms with Crippen LogP contribution in [0.5, 0.6) is 0 Å². The van der Waals surface area contributed by atoms with E-state index in [1.54, 1.807) is 6.92 Å². The van der Waals surface area contributed by atoms with Crippen LogP contribution in [0.4, 0.5) is 13.2 Å². The standard InChI is InChI=1S/C11H22F3NO/c1-5-6-8(2)15-7-9(3)16-10(4)11(12,13)14/h8-10,15H,5-7H2,1-4H3. The molecule has 0 saturated carbocycles. The minimum Gasteiger partial charge on any atom is -0.365 e. The van der Waals surface area contributed by atoms with Crippen LogP contribution >= 0.6 is 0 Å². The summed E-state index contributed by atoms with van der Waals surface area (Å²) >= 11 is 0. The van der Waals surface area contributed by atoms with Gasteiger partial charge in [-0.1, -0.05) is 13.3 Å². The largest absolute Gasteiger partial charge is 0.414 e. The molecule has 0 saturated heterocycles. The Hall–Kier alpha value is -0.290. The molecule has 0 rings (SSSR count). The van der Waals surface area contributed by atoms with Gasteiger partial charge in [0.2, 0.25) is 0 Å². The molecule has 0 fully saturated rings. The molecule has 0 aliphatic rings. The molecule has 0 aliphatic heterocycles. The smallest absolute Gasteiger partial charge is 0.365 e. The molecule has 0 spiro atoms. The van der Waals surface area contributed by atoms with E-state index in [-0.39, 0.29) is 0 Å². The minimum absolute atomic E-state index is 0.317. The van der Waals surface area contributed by atoms with Gasteiger partial charge in [-0.05, 0) is 27.2 Å². The van der Waals surface area contributed by atoms with E-state index in [1.165, 1.54) is 0 Å². The van der Waals surface area contributed by atoms with E-state index in [2.05, 4.69) is 12.2 Å². The first-order valence-corrected chi connectivity index (χ1v) is 5.72. The molecule has 16 heavy (non-hydrogen) atoms. The Labute approximate surface area is 95.5 Å². The lowest BCUT2D eigenvalue weighted by atomic mass is 10.2. The molecule has 0 heterocycles. The van der Waals surface area contributed by atoms with Gasteiger partial charge < -0.3 is 10.1 Å². The van der Waals surface area contributed by atoms with Crippen LogP contribution in [0.3, 0.4) is 0 Å². The van der Waals surface area contributed by atoms with Gasteiger partial charge in [0.25, 0.3) is 0 Å². The highest BCUT2D eigenvalue weighted by molar-refractivity contribution is 4.67. The van der Waals surface area contributed by atoms with Crippen molar-refractivity contribution in [3.8, 4) is 0 Å². The number of alkyl halides is 3. The van der Waals surface area contributed by atoms with Gasteiger partial charge in [-0.3, -0.25) is 0 Å². The van der Waals surface area contributed by atoms with E-state index < -0.39 is 18.4 Å². The summed E-state index contributed by atoms with van der Waals surface area (Å²) in [6.07, 6.45) is -4.34. The number of rotatable bonds is 7. The Balaban J connectivity index is 3.78. The molecule has 0 aliphatic carbocycles. The molecule has 0 aromatic heterocycles. The van der Waals surface area contributed by atoms with Crippen LogP contribution in [0.1, 0.15) is 40.5 Å². The summed E-state index contributed by atoms with van der Waals surface area (Å²) in [5.74, 6) is 0. The summed E-state index contributed by atoms with van der Waals surface area (Å²) in [5, 5.41) is 3.15. The first-order chi connectivity index (χ1) is 7.27. The molecule has 0 radical (unpaired) electrons. The van der Waals surface area contributed by atoms with Gasteiger partial charge in [0, 0.05) is 12.6 Å². The molecule has 3 atom stereocenters. The predicted octanol–water partition coefficient (Wildman–Crippen LogP) is 3.12. The summed E-state index contributed by atoms with van der Waals surface area (Å²) in [6, 6.07) is 0.317. The normalized spacial score (nSPS) is 18.2. The Kier molecular flexibility index (Phi) is 6.99. The lowest BCUT2D eigenvalue weighted by molar-refractivity contribution is -0.224. The number of halogens is 3. The third-order valence-electron chi connectivity index (χ3n) is 2.37. The second-order valence-corrected chi connectivity index (χ2v) is 4.23. The van der Waals surface area contributed by atoms with Gasteiger partial charge in [-0.15, -0.1) is 0 Å². The maximum atomic E-state index is 12.2. The third-order valence-corrected chi connectivity index (χ3v) is 2.37. The second-order valence-electron chi connectivity index (χ2n) is 4.23. The van der Waals surface area contributed by atoms with Crippen LogP contribution in [0.15, 0.2) is 0 Å². The first-order valence-electron chi connectivity index (χ1n) is 5.72. The maximum absolute atomic E-state index is 12.2. The number of hydrogen-bond acceptors (Lipinski definition) is 2. The average molecular weight is 241 g/mol. The van der Waals surface area contributed by atoms with Crippen molar-refractivity contribution < 1.29 is 17.9 Å². The fourth-order valence-electron chi connectivity index (χ4n) is 1.38. The number of hydrogen-bond donors (Lipinski definition) is 1. The molecule has 5 heteroatoms. The Morgan fingerprint density at radius 2 is 1.75 bits per heavy atom. The molecule has 2 nitrogen and oxygen atoms in total. The van der Waals surface area contributed by atoms with Crippen molar-refractivity contribution in [2.24, 2.45) is 0 Å². The monoisotopic (exact) mass is 241 g/mol. The van der Waals surface area contributed by atoms with Crippen molar-refractivity contribution in [1.82, 2.24) is 5.32 Å². The Morgan fingerprint density at radius 1 is 1.19 bits per heavy atom. The summed E-state index contributed by atoms with van der Waals surface area (Å²) in [6.45, 7) is 7.22. The van der Waals surface area contributed by atoms with Crippen molar-refractivity contribution in [2.45, 2.75) is 65.0 Å². The van der Waals surface area contributed by atoms with Gasteiger partial charge in [0.1, 0.15) is 0 Å². The van der Waals surface area contributed by atoms with E-state index in [1.807, 2.05) is 6.92 Å². The van der Waals surface area contributed by atoms with Crippen LogP contribution in [0, 0.1) is 0 Å². The van der Waals surface area contributed by atoms with E-state index in [4.69, 9.17) is 4.74 Å². The summed E-state index contributed by atoms with van der Waals surface area (Å²) < 4.78 is 41.4. The molecule has 3 unspecified atom stereocenters. The van der Waals surface area contributed by atoms with E-state index in [0.29, 0.717) is 12.6 Å². The highest BCUT2D eigenvalue weighted by Crippen LogP contribution is 2.23. The zero-order valence-corrected chi connectivity index (χ0v) is 10.4. The van der Waals surface area contributed by atoms with Crippen LogP contribution in [-0.2, 0) is 4.74 Å². The minimum atomic E-state index is -4.27. The van der Waals surface area contributed by atoms with E-state index in [9.17, 15) is 13.2 Å². The van der Waals surface area contributed by atoms with Crippen molar-refractivity contribution in [2.75, 3.05) is 6.54 Å². The summed E-state index contributed by atoms with van der Waals surface area (Å²) in [5.41, 5.74) is 0. The maximum Gasteiger partial charge on any atom is 0.414 e. The summed E-state index contributed by atoms with van der Waals surface area (Å²) in [7, 11) is 0. The topological polar surface area (TPSA) is 21.3 Å². The van der Waals surface area contributed by atoms with Crippen molar-refractivity contribution in [3.63, 3.8) is 0 Å². The van der Waals surface area contributed by atoms with Gasteiger partial charge >= 0.3 is 6.18 Å². The lowest BCUT2D eigenvalue weighted by Crippen LogP contribution is -2.38. The molecular weight excluding hydrogens is 219 g/mol. The SMILES string of the molecule is CCCC(C)NCC(C)OC(C)C(F)(F)F. The summed E-state index contributed by atoms with van der Waals surface area (Å²) in [4.78, 5) is 0. The highest BCUT2D eigenvalue weighted by Gasteiger charge is 2.37. The quantitative estimate of drug-likeness (QED) is 0.739. The van der Waals surface area contributed by atoms with Gasteiger partial charge in [0.15, 0.2) is 6.10 Å². The number of nitrogens with one attached hydrogen (secondary N) is 1. The van der Waals surface area contributed by atoms with Crippen LogP contribution in [0.2, 0.25) is 0 Å². The molecule has 0 aromatic rings. The zero-order chi connectivity index (χ0) is 12.8. The van der Waals surface area contributed by atoms with Gasteiger partial charge in [0.05, 0.1) is 6.10 Å². The fourth-order valence-corrected chi connectivity index (χ4v) is 1.38. The first kappa shape index (κ1) is 15.7. The molecule has 1 N–H and O–H groups in total. The molecule has 0 aromatic carbocycles. The zero-order valence-electron chi connectivity index (χ0n) is 10.4. The second kappa shape index (κ2) is 7.12. The van der Waals surface area contributed by atoms with Crippen molar-refractivity contribution >= 4 is 0 Å². The average Bonchev–Trinajstić information content (AvgIpc) is 2.13. The van der Waals surface area contributed by atoms with Crippen molar-refractivity contribution in [1.29, 1.82) is 0 Å². The number of ether oxygens (including phenoxy) is 1. The molecule has 0 amide bonds. The van der Waals surface area contributed by atoms with E-state index in [0.717, 1.165) is 19.8 Å². The van der Waals surface area contributed by atoms with Gasteiger partial charge in [-0.2, -0.15) is 13.2 Å². The fraction of sp³-hybridized carbons (Fsp3) is 1.00. The van der Waals surface area contributed by atoms with Crippen LogP contribution in [0.25, 0.3) is 0 Å². The molecule has 0 bridgehead atoms. The Bertz CT molecular complexity index is 185. The van der Waals surface area contributed by atoms with Crippen LogP contribution in [-0.4, -0.2) is 31.0 Å². The Morgan fingerprint density at radius 3 is 2.19 bits per heavy atom. The van der Waals surface area contributed by atoms with Gasteiger partial charge in [-0.25, -0.2) is 0 Å². The van der Waals surface area contributed by atoms with Crippen LogP contribution < -0.4 is 5.32 Å².